The summed E-state index contributed by atoms with van der Waals surface area (Å²) in [5.41, 5.74) is 11.5. The minimum Gasteiger partial charge on any atom is -0.379 e. The highest BCUT2D eigenvalue weighted by molar-refractivity contribution is 6.06. The van der Waals surface area contributed by atoms with Gasteiger partial charge in [-0.3, -0.25) is 9.59 Å². The molecule has 8 nitrogen and oxygen atoms in total. The van der Waals surface area contributed by atoms with E-state index in [1.54, 1.807) is 24.3 Å². The first-order valence-corrected chi connectivity index (χ1v) is 5.33. The van der Waals surface area contributed by atoms with Crippen molar-refractivity contribution in [2.45, 2.75) is 6.42 Å². The molecule has 0 radical (unpaired) electrons. The van der Waals surface area contributed by atoms with E-state index < -0.39 is 11.8 Å². The fourth-order valence-electron chi connectivity index (χ4n) is 1.52. The number of nitrogens with one attached hydrogen (secondary N) is 1. The van der Waals surface area contributed by atoms with Crippen molar-refractivity contribution in [3.05, 3.63) is 35.5 Å². The van der Waals surface area contributed by atoms with Crippen LogP contribution in [-0.2, 0) is 11.2 Å². The smallest absolute Gasteiger partial charge is 0.281 e. The first-order valence-electron chi connectivity index (χ1n) is 5.33. The Labute approximate surface area is 107 Å². The highest BCUT2D eigenvalue weighted by Gasteiger charge is 2.17. The third kappa shape index (κ3) is 2.86. The first-order chi connectivity index (χ1) is 9.08. The van der Waals surface area contributed by atoms with E-state index in [2.05, 4.69) is 20.3 Å². The lowest BCUT2D eigenvalue weighted by atomic mass is 10.1. The van der Waals surface area contributed by atoms with Crippen molar-refractivity contribution in [2.24, 2.45) is 5.73 Å². The van der Waals surface area contributed by atoms with Crippen molar-refractivity contribution in [1.82, 2.24) is 10.3 Å². The lowest BCUT2D eigenvalue weighted by Crippen LogP contribution is -2.18. The fourth-order valence-corrected chi connectivity index (χ4v) is 1.52. The Morgan fingerprint density at radius 1 is 1.26 bits per heavy atom. The van der Waals surface area contributed by atoms with E-state index in [-0.39, 0.29) is 17.9 Å². The van der Waals surface area contributed by atoms with Crippen LogP contribution >= 0.6 is 0 Å². The van der Waals surface area contributed by atoms with E-state index in [1.807, 2.05) is 0 Å². The molecule has 0 aliphatic heterocycles. The predicted molar refractivity (Wildman–Crippen MR) is 66.0 cm³/mol. The molecule has 8 heteroatoms. The van der Waals surface area contributed by atoms with Crippen LogP contribution in [-0.4, -0.2) is 22.1 Å². The summed E-state index contributed by atoms with van der Waals surface area (Å²) in [4.78, 5) is 22.8. The van der Waals surface area contributed by atoms with Crippen LogP contribution in [0.1, 0.15) is 16.1 Å². The monoisotopic (exact) mass is 261 g/mol. The van der Waals surface area contributed by atoms with Crippen LogP contribution in [0.15, 0.2) is 28.9 Å². The second-order valence-corrected chi connectivity index (χ2v) is 3.75. The summed E-state index contributed by atoms with van der Waals surface area (Å²) in [7, 11) is 0. The number of benzene rings is 1. The second-order valence-electron chi connectivity index (χ2n) is 3.75. The van der Waals surface area contributed by atoms with Gasteiger partial charge in [-0.15, -0.1) is 0 Å². The minimum absolute atomic E-state index is 0.0169. The number of hydrogen-bond donors (Lipinski definition) is 3. The SMILES string of the molecule is NC(=O)Cc1ccccc1NC(=O)c1nonc1N. The molecule has 1 heterocycles. The Bertz CT molecular complexity index is 622. The van der Waals surface area contributed by atoms with Crippen molar-refractivity contribution in [3.63, 3.8) is 0 Å². The topological polar surface area (TPSA) is 137 Å². The average molecular weight is 261 g/mol. The lowest BCUT2D eigenvalue weighted by molar-refractivity contribution is -0.117. The molecule has 0 aliphatic carbocycles. The normalized spacial score (nSPS) is 10.1. The van der Waals surface area contributed by atoms with Crippen LogP contribution in [0, 0.1) is 0 Å². The maximum atomic E-state index is 11.9. The minimum atomic E-state index is -0.573. The van der Waals surface area contributed by atoms with Crippen LogP contribution in [0.4, 0.5) is 11.5 Å². The Morgan fingerprint density at radius 2 is 2.00 bits per heavy atom. The van der Waals surface area contributed by atoms with Crippen molar-refractivity contribution >= 4 is 23.3 Å². The molecule has 1 aromatic heterocycles. The molecule has 19 heavy (non-hydrogen) atoms. The van der Waals surface area contributed by atoms with Crippen LogP contribution in [0.2, 0.25) is 0 Å². The van der Waals surface area contributed by atoms with Crippen LogP contribution < -0.4 is 16.8 Å². The summed E-state index contributed by atoms with van der Waals surface area (Å²) in [6.07, 6.45) is 0.0169. The molecule has 98 valence electrons. The molecular weight excluding hydrogens is 250 g/mol. The van der Waals surface area contributed by atoms with E-state index >= 15 is 0 Å². The van der Waals surface area contributed by atoms with Gasteiger partial charge in [0.2, 0.25) is 17.4 Å². The number of carbonyl (C=O) groups is 2. The van der Waals surface area contributed by atoms with Crippen molar-refractivity contribution in [2.75, 3.05) is 11.1 Å². The zero-order valence-electron chi connectivity index (χ0n) is 9.79. The fraction of sp³-hybridized carbons (Fsp3) is 0.0909. The number of anilines is 2. The van der Waals surface area contributed by atoms with E-state index in [1.165, 1.54) is 0 Å². The van der Waals surface area contributed by atoms with Crippen molar-refractivity contribution in [1.29, 1.82) is 0 Å². The number of para-hydroxylation sites is 1. The number of aromatic nitrogens is 2. The van der Waals surface area contributed by atoms with Gasteiger partial charge in [0.05, 0.1) is 6.42 Å². The van der Waals surface area contributed by atoms with E-state index in [9.17, 15) is 9.59 Å². The lowest BCUT2D eigenvalue weighted by Gasteiger charge is -2.08. The van der Waals surface area contributed by atoms with Crippen LogP contribution in [0.5, 0.6) is 0 Å². The maximum absolute atomic E-state index is 11.9. The standard InChI is InChI=1S/C11H11N5O3/c12-8(17)5-6-3-1-2-4-7(6)14-11(18)9-10(13)16-19-15-9/h1-4H,5H2,(H2,12,17)(H2,13,16)(H,14,18). The molecule has 0 bridgehead atoms. The Balaban J connectivity index is 2.22. The number of carbonyl (C=O) groups excluding carboxylic acids is 2. The van der Waals surface area contributed by atoms with Gasteiger partial charge >= 0.3 is 0 Å². The third-order valence-corrected chi connectivity index (χ3v) is 2.36. The molecule has 0 fully saturated rings. The zero-order chi connectivity index (χ0) is 13.8. The molecule has 0 saturated carbocycles. The summed E-state index contributed by atoms with van der Waals surface area (Å²) in [6, 6.07) is 6.77. The average Bonchev–Trinajstić information content (AvgIpc) is 2.77. The Kier molecular flexibility index (Phi) is 3.42. The second kappa shape index (κ2) is 5.17. The van der Waals surface area contributed by atoms with Gasteiger partial charge in [-0.25, -0.2) is 4.63 Å². The molecule has 2 amide bonds. The number of nitrogen functional groups attached to an aromatic ring is 1. The van der Waals surface area contributed by atoms with Gasteiger partial charge in [0.25, 0.3) is 5.91 Å². The van der Waals surface area contributed by atoms with Crippen LogP contribution in [0.25, 0.3) is 0 Å². The van der Waals surface area contributed by atoms with Gasteiger partial charge in [0.1, 0.15) is 0 Å². The third-order valence-electron chi connectivity index (χ3n) is 2.36. The molecule has 5 N–H and O–H groups in total. The Hall–Kier alpha value is -2.90. The van der Waals surface area contributed by atoms with E-state index in [0.29, 0.717) is 11.3 Å². The number of primary amides is 1. The van der Waals surface area contributed by atoms with Crippen LogP contribution in [0.3, 0.4) is 0 Å². The summed E-state index contributed by atoms with van der Waals surface area (Å²) in [5.74, 6) is -1.18. The van der Waals surface area contributed by atoms with E-state index in [0.717, 1.165) is 0 Å². The summed E-state index contributed by atoms with van der Waals surface area (Å²) >= 11 is 0. The maximum Gasteiger partial charge on any atom is 0.281 e. The highest BCUT2D eigenvalue weighted by atomic mass is 16.6. The highest BCUT2D eigenvalue weighted by Crippen LogP contribution is 2.17. The van der Waals surface area contributed by atoms with Gasteiger partial charge in [-0.1, -0.05) is 18.2 Å². The number of hydrogen-bond acceptors (Lipinski definition) is 6. The Morgan fingerprint density at radius 3 is 2.63 bits per heavy atom. The number of nitrogens with zero attached hydrogens (tertiary/aromatic N) is 2. The van der Waals surface area contributed by atoms with Crippen molar-refractivity contribution < 1.29 is 14.2 Å². The number of nitrogens with two attached hydrogens (primary N) is 2. The molecule has 0 unspecified atom stereocenters. The van der Waals surface area contributed by atoms with Gasteiger partial charge < -0.3 is 16.8 Å². The molecule has 0 saturated heterocycles. The summed E-state index contributed by atoms with van der Waals surface area (Å²) < 4.78 is 4.34. The summed E-state index contributed by atoms with van der Waals surface area (Å²) in [6.45, 7) is 0. The number of amides is 2. The predicted octanol–water partition coefficient (Wildman–Crippen LogP) is -0.0681. The first kappa shape index (κ1) is 12.6. The van der Waals surface area contributed by atoms with Gasteiger partial charge in [0, 0.05) is 5.69 Å². The molecule has 1 aromatic carbocycles. The van der Waals surface area contributed by atoms with Gasteiger partial charge in [0.15, 0.2) is 0 Å². The molecular formula is C11H11N5O3. The zero-order valence-corrected chi connectivity index (χ0v) is 9.79. The molecule has 0 aliphatic rings. The molecule has 0 atom stereocenters. The quantitative estimate of drug-likeness (QED) is 0.704. The van der Waals surface area contributed by atoms with E-state index in [4.69, 9.17) is 11.5 Å². The van der Waals surface area contributed by atoms with Gasteiger partial charge in [-0.05, 0) is 21.9 Å². The number of rotatable bonds is 4. The molecule has 2 aromatic rings. The molecule has 0 spiro atoms. The largest absolute Gasteiger partial charge is 0.379 e. The summed E-state index contributed by atoms with van der Waals surface area (Å²) in [5, 5.41) is 9.26. The molecule has 2 rings (SSSR count). The van der Waals surface area contributed by atoms with Crippen molar-refractivity contribution in [3.8, 4) is 0 Å². The van der Waals surface area contributed by atoms with Gasteiger partial charge in [-0.2, -0.15) is 0 Å².